The van der Waals surface area contributed by atoms with Crippen molar-refractivity contribution in [3.05, 3.63) is 77.1 Å². The summed E-state index contributed by atoms with van der Waals surface area (Å²) in [6.07, 6.45) is 1.17. The van der Waals surface area contributed by atoms with E-state index in [1.54, 1.807) is 0 Å². The number of benzene rings is 2. The largest absolute Gasteiger partial charge is 0.512 e. The summed E-state index contributed by atoms with van der Waals surface area (Å²) in [4.78, 5) is 14.9. The summed E-state index contributed by atoms with van der Waals surface area (Å²) in [7, 11) is 0. The Morgan fingerprint density at radius 2 is 1.56 bits per heavy atom. The standard InChI is InChI=1S/C25H28N.C5H8O2.Ir/c1-16-14-22(26-21-11-9-8-10-18(16)21)17-12-13-19-20(15-17)24(4,5)25(6,7)23(19,2)3;1-4(6)3-5(2)7;/h8-11,13-15H,1-7H3;3,6H,1-2H3;/q-1;;. The van der Waals surface area contributed by atoms with Crippen molar-refractivity contribution >= 4 is 16.7 Å². The van der Waals surface area contributed by atoms with E-state index in [0.717, 1.165) is 16.8 Å². The Morgan fingerprint density at radius 3 is 2.12 bits per heavy atom. The molecule has 0 saturated heterocycles. The van der Waals surface area contributed by atoms with Crippen molar-refractivity contribution in [3.8, 4) is 11.3 Å². The normalized spacial score (nSPS) is 17.3. The quantitative estimate of drug-likeness (QED) is 0.179. The van der Waals surface area contributed by atoms with Gasteiger partial charge in [-0.15, -0.1) is 34.9 Å². The second-order valence-corrected chi connectivity index (χ2v) is 10.8. The van der Waals surface area contributed by atoms with E-state index in [2.05, 4.69) is 97.0 Å². The average Bonchev–Trinajstić information content (AvgIpc) is 2.82. The van der Waals surface area contributed by atoms with E-state index in [1.807, 2.05) is 0 Å². The number of fused-ring (bicyclic) bond motifs is 2. The summed E-state index contributed by atoms with van der Waals surface area (Å²) in [6, 6.07) is 18.7. The number of hydrogen-bond acceptors (Lipinski definition) is 3. The number of aliphatic hydroxyl groups is 1. The zero-order valence-electron chi connectivity index (χ0n) is 21.8. The molecule has 34 heavy (non-hydrogen) atoms. The molecule has 3 aromatic rings. The predicted molar refractivity (Wildman–Crippen MR) is 138 cm³/mol. The summed E-state index contributed by atoms with van der Waals surface area (Å²) >= 11 is 0. The molecule has 1 aliphatic rings. The van der Waals surface area contributed by atoms with Crippen LogP contribution in [0.5, 0.6) is 0 Å². The van der Waals surface area contributed by atoms with Crippen molar-refractivity contribution in [1.82, 2.24) is 4.98 Å². The van der Waals surface area contributed by atoms with Crippen LogP contribution < -0.4 is 0 Å². The van der Waals surface area contributed by atoms with Crippen LogP contribution in [-0.4, -0.2) is 15.9 Å². The summed E-state index contributed by atoms with van der Waals surface area (Å²) < 4.78 is 0. The second-order valence-electron chi connectivity index (χ2n) is 10.8. The first-order chi connectivity index (χ1) is 15.2. The molecule has 3 nitrogen and oxygen atoms in total. The summed E-state index contributed by atoms with van der Waals surface area (Å²) in [6.45, 7) is 19.3. The van der Waals surface area contributed by atoms with Crippen LogP contribution in [0.2, 0.25) is 0 Å². The Morgan fingerprint density at radius 1 is 0.971 bits per heavy atom. The Bertz CT molecular complexity index is 1250. The Kier molecular flexibility index (Phi) is 8.02. The van der Waals surface area contributed by atoms with Crippen molar-refractivity contribution in [2.45, 2.75) is 73.1 Å². The molecule has 1 heterocycles. The molecule has 0 atom stereocenters. The summed E-state index contributed by atoms with van der Waals surface area (Å²) in [5.74, 6) is -0.0625. The number of hydrogen-bond donors (Lipinski definition) is 1. The van der Waals surface area contributed by atoms with Crippen LogP contribution in [0.25, 0.3) is 22.2 Å². The van der Waals surface area contributed by atoms with Crippen LogP contribution in [0.4, 0.5) is 0 Å². The van der Waals surface area contributed by atoms with Crippen LogP contribution in [0.1, 0.15) is 72.1 Å². The maximum Gasteiger partial charge on any atom is 0.155 e. The zero-order chi connectivity index (χ0) is 24.8. The molecule has 1 N–H and O–H groups in total. The molecule has 1 aromatic heterocycles. The molecule has 0 bridgehead atoms. The fraction of sp³-hybridized carbons (Fsp3) is 0.400. The molecule has 0 aliphatic heterocycles. The number of ketones is 1. The molecular formula is C30H36IrNO2-. The third-order valence-corrected chi connectivity index (χ3v) is 8.03. The Hall–Kier alpha value is -2.29. The minimum atomic E-state index is -0.125. The molecule has 0 amide bonds. The SMILES string of the molecule is CC(=O)C=C(C)O.Cc1cc(-c2[c-]cc3c(c2)C(C)(C)C(C)(C)C3(C)C)nc2ccccc12.[Ir]. The first-order valence-corrected chi connectivity index (χ1v) is 11.5. The van der Waals surface area contributed by atoms with Gasteiger partial charge < -0.3 is 5.11 Å². The fourth-order valence-corrected chi connectivity index (χ4v) is 4.91. The molecule has 4 rings (SSSR count). The van der Waals surface area contributed by atoms with E-state index in [0.29, 0.717) is 0 Å². The third-order valence-electron chi connectivity index (χ3n) is 8.03. The fourth-order valence-electron chi connectivity index (χ4n) is 4.91. The van der Waals surface area contributed by atoms with E-state index in [-0.39, 0.29) is 47.9 Å². The number of rotatable bonds is 2. The van der Waals surface area contributed by atoms with E-state index >= 15 is 0 Å². The first-order valence-electron chi connectivity index (χ1n) is 11.5. The van der Waals surface area contributed by atoms with Gasteiger partial charge in [0, 0.05) is 31.6 Å². The Labute approximate surface area is 218 Å². The topological polar surface area (TPSA) is 50.2 Å². The van der Waals surface area contributed by atoms with Gasteiger partial charge in [0.25, 0.3) is 0 Å². The second kappa shape index (κ2) is 9.76. The number of aryl methyl sites for hydroxylation is 1. The molecular weight excluding hydrogens is 599 g/mol. The van der Waals surface area contributed by atoms with Gasteiger partial charge >= 0.3 is 0 Å². The van der Waals surface area contributed by atoms with Gasteiger partial charge in [-0.1, -0.05) is 65.8 Å². The van der Waals surface area contributed by atoms with E-state index in [1.165, 1.54) is 42.0 Å². The van der Waals surface area contributed by atoms with Crippen LogP contribution >= 0.6 is 0 Å². The Balaban J connectivity index is 0.000000449. The van der Waals surface area contributed by atoms with Crippen LogP contribution in [0, 0.1) is 18.4 Å². The summed E-state index contributed by atoms with van der Waals surface area (Å²) in [5, 5.41) is 9.59. The van der Waals surface area contributed by atoms with Gasteiger partial charge in [0.15, 0.2) is 5.78 Å². The van der Waals surface area contributed by atoms with Gasteiger partial charge in [-0.3, -0.25) is 9.78 Å². The zero-order valence-corrected chi connectivity index (χ0v) is 24.1. The maximum absolute atomic E-state index is 10.0. The molecule has 1 aliphatic carbocycles. The number of para-hydroxylation sites is 1. The number of aliphatic hydroxyl groups excluding tert-OH is 1. The third kappa shape index (κ3) is 4.76. The van der Waals surface area contributed by atoms with Gasteiger partial charge in [0.05, 0.1) is 11.3 Å². The maximum atomic E-state index is 10.0. The number of carbonyl (C=O) groups excluding carboxylic acids is 1. The van der Waals surface area contributed by atoms with Gasteiger partial charge in [-0.05, 0) is 54.3 Å². The molecule has 183 valence electrons. The average molecular weight is 635 g/mol. The van der Waals surface area contributed by atoms with Gasteiger partial charge in [-0.25, -0.2) is 0 Å². The van der Waals surface area contributed by atoms with Crippen molar-refractivity contribution < 1.29 is 30.0 Å². The van der Waals surface area contributed by atoms with E-state index < -0.39 is 0 Å². The number of aromatic nitrogens is 1. The van der Waals surface area contributed by atoms with Gasteiger partial charge in [0.1, 0.15) is 0 Å². The van der Waals surface area contributed by atoms with Crippen molar-refractivity contribution in [2.24, 2.45) is 5.41 Å². The number of nitrogens with zero attached hydrogens (tertiary/aromatic N) is 1. The monoisotopic (exact) mass is 635 g/mol. The van der Waals surface area contributed by atoms with E-state index in [9.17, 15) is 4.79 Å². The minimum absolute atomic E-state index is 0. The van der Waals surface area contributed by atoms with Crippen LogP contribution in [0.3, 0.4) is 0 Å². The molecule has 1 radical (unpaired) electrons. The van der Waals surface area contributed by atoms with E-state index in [4.69, 9.17) is 10.1 Å². The van der Waals surface area contributed by atoms with Crippen molar-refractivity contribution in [2.75, 3.05) is 0 Å². The first kappa shape index (κ1) is 28.0. The number of pyridine rings is 1. The van der Waals surface area contributed by atoms with Crippen molar-refractivity contribution in [1.29, 1.82) is 0 Å². The molecule has 0 saturated carbocycles. The van der Waals surface area contributed by atoms with Gasteiger partial charge in [0.2, 0.25) is 0 Å². The molecule has 0 spiro atoms. The number of carbonyl (C=O) groups is 1. The number of allylic oxidation sites excluding steroid dienone is 2. The predicted octanol–water partition coefficient (Wildman–Crippen LogP) is 7.64. The molecule has 0 fully saturated rings. The smallest absolute Gasteiger partial charge is 0.155 e. The summed E-state index contributed by atoms with van der Waals surface area (Å²) in [5.41, 5.74) is 7.68. The minimum Gasteiger partial charge on any atom is -0.512 e. The molecule has 2 aromatic carbocycles. The van der Waals surface area contributed by atoms with Crippen LogP contribution in [0.15, 0.2) is 54.3 Å². The molecule has 4 heteroatoms. The molecule has 0 unspecified atom stereocenters. The van der Waals surface area contributed by atoms with Crippen molar-refractivity contribution in [3.63, 3.8) is 0 Å². The van der Waals surface area contributed by atoms with Crippen LogP contribution in [-0.2, 0) is 35.7 Å². The van der Waals surface area contributed by atoms with Gasteiger partial charge in [-0.2, -0.15) is 0 Å².